The number of nitrogens with one attached hydrogen (secondary N) is 1. The van der Waals surface area contributed by atoms with Crippen molar-refractivity contribution in [1.29, 1.82) is 0 Å². The Bertz CT molecular complexity index is 633. The van der Waals surface area contributed by atoms with Crippen LogP contribution in [0.15, 0.2) is 30.5 Å². The summed E-state index contributed by atoms with van der Waals surface area (Å²) < 4.78 is 4.83. The lowest BCUT2D eigenvalue weighted by atomic mass is 10.2. The number of aromatic nitrogens is 1. The van der Waals surface area contributed by atoms with E-state index in [0.717, 1.165) is 5.56 Å². The van der Waals surface area contributed by atoms with Gasteiger partial charge in [0, 0.05) is 19.2 Å². The molecule has 0 saturated heterocycles. The maximum atomic E-state index is 12.0. The van der Waals surface area contributed by atoms with E-state index in [0.29, 0.717) is 27.9 Å². The van der Waals surface area contributed by atoms with Crippen LogP contribution in [-0.4, -0.2) is 42.4 Å². The number of amides is 1. The van der Waals surface area contributed by atoms with Gasteiger partial charge in [0.15, 0.2) is 0 Å². The fourth-order valence-corrected chi connectivity index (χ4v) is 3.01. The van der Waals surface area contributed by atoms with Crippen LogP contribution in [0.4, 0.5) is 0 Å². The molecular formula is C15H17ClN2O3S. The van der Waals surface area contributed by atoms with E-state index in [1.807, 2.05) is 18.2 Å². The lowest BCUT2D eigenvalue weighted by molar-refractivity contribution is 0.0588. The van der Waals surface area contributed by atoms with E-state index in [-0.39, 0.29) is 12.5 Å². The summed E-state index contributed by atoms with van der Waals surface area (Å²) in [6.07, 6.45) is 1.39. The molecule has 1 unspecified atom stereocenters. The highest BCUT2D eigenvalue weighted by Crippen LogP contribution is 2.30. The zero-order valence-corrected chi connectivity index (χ0v) is 13.7. The summed E-state index contributed by atoms with van der Waals surface area (Å²) in [5, 5.41) is 13.6. The fourth-order valence-electron chi connectivity index (χ4n) is 1.85. The van der Waals surface area contributed by atoms with Crippen LogP contribution >= 0.6 is 22.9 Å². The highest BCUT2D eigenvalue weighted by atomic mass is 35.5. The first-order valence-electron chi connectivity index (χ1n) is 6.77. The summed E-state index contributed by atoms with van der Waals surface area (Å²) >= 11 is 7.40. The van der Waals surface area contributed by atoms with Crippen molar-refractivity contribution in [2.45, 2.75) is 12.5 Å². The number of thiazole rings is 1. The molecule has 118 valence electrons. The summed E-state index contributed by atoms with van der Waals surface area (Å²) in [6.45, 7) is 0.635. The van der Waals surface area contributed by atoms with Gasteiger partial charge < -0.3 is 15.2 Å². The van der Waals surface area contributed by atoms with Crippen LogP contribution in [0.5, 0.6) is 0 Å². The highest BCUT2D eigenvalue weighted by molar-refractivity contribution is 7.17. The van der Waals surface area contributed by atoms with Crippen molar-refractivity contribution in [3.8, 4) is 10.6 Å². The van der Waals surface area contributed by atoms with E-state index in [9.17, 15) is 9.90 Å². The average Bonchev–Trinajstić information content (AvgIpc) is 2.97. The van der Waals surface area contributed by atoms with E-state index in [2.05, 4.69) is 10.3 Å². The molecule has 0 aliphatic heterocycles. The van der Waals surface area contributed by atoms with Gasteiger partial charge in [-0.15, -0.1) is 11.3 Å². The molecule has 1 aromatic heterocycles. The zero-order valence-electron chi connectivity index (χ0n) is 12.1. The van der Waals surface area contributed by atoms with Crippen LogP contribution in [0.25, 0.3) is 10.6 Å². The summed E-state index contributed by atoms with van der Waals surface area (Å²) in [6, 6.07) is 7.37. The van der Waals surface area contributed by atoms with Gasteiger partial charge in [0.25, 0.3) is 5.91 Å². The number of nitrogens with zero attached hydrogens (tertiary/aromatic N) is 1. The smallest absolute Gasteiger partial charge is 0.263 e. The molecule has 2 N–H and O–H groups in total. The first kappa shape index (κ1) is 16.9. The molecule has 1 aromatic carbocycles. The number of rotatable bonds is 7. The number of hydrogen-bond donors (Lipinski definition) is 2. The van der Waals surface area contributed by atoms with Gasteiger partial charge in [0.1, 0.15) is 9.88 Å². The zero-order chi connectivity index (χ0) is 15.9. The Hall–Kier alpha value is -1.47. The van der Waals surface area contributed by atoms with E-state index in [4.69, 9.17) is 16.3 Å². The molecule has 7 heteroatoms. The SMILES string of the molecule is COCC(O)CCNC(=O)c1cnc(-c2ccccc2Cl)s1. The lowest BCUT2D eigenvalue weighted by Crippen LogP contribution is -2.27. The minimum Gasteiger partial charge on any atom is -0.391 e. The Kier molecular flexibility index (Phi) is 6.33. The molecular weight excluding hydrogens is 324 g/mol. The second-order valence-electron chi connectivity index (χ2n) is 4.66. The minimum atomic E-state index is -0.578. The van der Waals surface area contributed by atoms with Crippen LogP contribution in [0.2, 0.25) is 5.02 Å². The average molecular weight is 341 g/mol. The van der Waals surface area contributed by atoms with Crippen molar-refractivity contribution in [3.05, 3.63) is 40.4 Å². The van der Waals surface area contributed by atoms with Crippen molar-refractivity contribution in [3.63, 3.8) is 0 Å². The maximum absolute atomic E-state index is 12.0. The standard InChI is InChI=1S/C15H17ClN2O3S/c1-21-9-10(19)6-7-17-14(20)13-8-18-15(22-13)11-4-2-3-5-12(11)16/h2-5,8,10,19H,6-7,9H2,1H3,(H,17,20). The van der Waals surface area contributed by atoms with E-state index < -0.39 is 6.10 Å². The molecule has 0 fully saturated rings. The Morgan fingerprint density at radius 1 is 1.50 bits per heavy atom. The van der Waals surface area contributed by atoms with Crippen molar-refractivity contribution in [1.82, 2.24) is 10.3 Å². The third-order valence-electron chi connectivity index (χ3n) is 2.96. The third kappa shape index (κ3) is 4.51. The maximum Gasteiger partial charge on any atom is 0.263 e. The molecule has 2 rings (SSSR count). The van der Waals surface area contributed by atoms with Crippen LogP contribution < -0.4 is 5.32 Å². The Morgan fingerprint density at radius 3 is 3.00 bits per heavy atom. The molecule has 0 aliphatic carbocycles. The van der Waals surface area contributed by atoms with Gasteiger partial charge >= 0.3 is 0 Å². The van der Waals surface area contributed by atoms with Gasteiger partial charge in [-0.2, -0.15) is 0 Å². The molecule has 0 saturated carbocycles. The Labute approximate surface area is 137 Å². The monoisotopic (exact) mass is 340 g/mol. The van der Waals surface area contributed by atoms with Crippen molar-refractivity contribution < 1.29 is 14.6 Å². The molecule has 1 amide bonds. The summed E-state index contributed by atoms with van der Waals surface area (Å²) in [5.74, 6) is -0.208. The summed E-state index contributed by atoms with van der Waals surface area (Å²) in [7, 11) is 1.52. The molecule has 0 spiro atoms. The molecule has 1 atom stereocenters. The fraction of sp³-hybridized carbons (Fsp3) is 0.333. The van der Waals surface area contributed by atoms with Crippen molar-refractivity contribution >= 4 is 28.8 Å². The second-order valence-corrected chi connectivity index (χ2v) is 6.10. The molecule has 22 heavy (non-hydrogen) atoms. The van der Waals surface area contributed by atoms with E-state index >= 15 is 0 Å². The summed E-state index contributed by atoms with van der Waals surface area (Å²) in [4.78, 5) is 16.8. The minimum absolute atomic E-state index is 0.208. The number of carbonyl (C=O) groups excluding carboxylic acids is 1. The van der Waals surface area contributed by atoms with Crippen LogP contribution in [0.1, 0.15) is 16.1 Å². The van der Waals surface area contributed by atoms with Gasteiger partial charge in [-0.3, -0.25) is 4.79 Å². The Balaban J connectivity index is 1.94. The number of carbonyl (C=O) groups is 1. The topological polar surface area (TPSA) is 71.5 Å². The number of ether oxygens (including phenoxy) is 1. The number of benzene rings is 1. The van der Waals surface area contributed by atoms with Gasteiger partial charge in [0.05, 0.1) is 23.9 Å². The van der Waals surface area contributed by atoms with Crippen molar-refractivity contribution in [2.75, 3.05) is 20.3 Å². The quantitative estimate of drug-likeness (QED) is 0.812. The largest absolute Gasteiger partial charge is 0.391 e. The number of aliphatic hydroxyl groups is 1. The van der Waals surface area contributed by atoms with E-state index in [1.54, 1.807) is 6.07 Å². The predicted octanol–water partition coefficient (Wildman–Crippen LogP) is 2.59. The number of methoxy groups -OCH3 is 1. The molecule has 5 nitrogen and oxygen atoms in total. The van der Waals surface area contributed by atoms with Gasteiger partial charge in [-0.05, 0) is 12.5 Å². The van der Waals surface area contributed by atoms with Gasteiger partial charge in [0.2, 0.25) is 0 Å². The van der Waals surface area contributed by atoms with Crippen LogP contribution in [0.3, 0.4) is 0 Å². The molecule has 0 radical (unpaired) electrons. The van der Waals surface area contributed by atoms with Crippen LogP contribution in [-0.2, 0) is 4.74 Å². The molecule has 1 heterocycles. The number of halogens is 1. The number of hydrogen-bond acceptors (Lipinski definition) is 5. The molecule has 2 aromatic rings. The molecule has 0 aliphatic rings. The van der Waals surface area contributed by atoms with Crippen LogP contribution in [0, 0.1) is 0 Å². The predicted molar refractivity (Wildman–Crippen MR) is 87.4 cm³/mol. The first-order valence-corrected chi connectivity index (χ1v) is 7.97. The van der Waals surface area contributed by atoms with Crippen molar-refractivity contribution in [2.24, 2.45) is 0 Å². The lowest BCUT2D eigenvalue weighted by Gasteiger charge is -2.09. The van der Waals surface area contributed by atoms with Gasteiger partial charge in [-0.1, -0.05) is 29.8 Å². The normalized spacial score (nSPS) is 12.1. The van der Waals surface area contributed by atoms with Gasteiger partial charge in [-0.25, -0.2) is 4.98 Å². The van der Waals surface area contributed by atoms with E-state index in [1.165, 1.54) is 24.6 Å². The highest BCUT2D eigenvalue weighted by Gasteiger charge is 2.13. The Morgan fingerprint density at radius 2 is 2.27 bits per heavy atom. The summed E-state index contributed by atoms with van der Waals surface area (Å²) in [5.41, 5.74) is 0.809. The third-order valence-corrected chi connectivity index (χ3v) is 4.31. The second kappa shape index (κ2) is 8.24. The number of aliphatic hydroxyl groups excluding tert-OH is 1. The first-order chi connectivity index (χ1) is 10.6. The molecule has 0 bridgehead atoms.